The third-order valence-electron chi connectivity index (χ3n) is 5.96. The van der Waals surface area contributed by atoms with Gasteiger partial charge < -0.3 is 9.47 Å². The maximum absolute atomic E-state index is 15.0. The summed E-state index contributed by atoms with van der Waals surface area (Å²) in [5, 5.41) is 0.177. The molecule has 2 aliphatic rings. The summed E-state index contributed by atoms with van der Waals surface area (Å²) in [6, 6.07) is 5.27. The zero-order chi connectivity index (χ0) is 26.2. The van der Waals surface area contributed by atoms with E-state index in [2.05, 4.69) is 41.5 Å². The van der Waals surface area contributed by atoms with Crippen LogP contribution in [0, 0.1) is 24.1 Å². The van der Waals surface area contributed by atoms with Crippen molar-refractivity contribution in [2.45, 2.75) is 68.8 Å². The van der Waals surface area contributed by atoms with Gasteiger partial charge in [-0.25, -0.2) is 23.5 Å². The van der Waals surface area contributed by atoms with E-state index in [1.165, 1.54) is 28.8 Å². The fourth-order valence-electron chi connectivity index (χ4n) is 3.96. The average molecular weight is 588 g/mol. The van der Waals surface area contributed by atoms with E-state index in [0.717, 1.165) is 6.04 Å². The maximum Gasteiger partial charge on any atom is 0.418 e. The second kappa shape index (κ2) is 10.2. The molecule has 0 saturated heterocycles. The monoisotopic (exact) mass is 586 g/mol. The standard InChI is InChI=1S/C25H33BrF2N2O3SSi/c1-8-24-14-20(24)25(15-27,18-13-17(26)9-10-19(18)28)29-21(34-24)30(22(31)33-23(2,3)4)16-32-11-12-35(5,6)7/h1,9-10,13,20H,11-12,14-16H2,2-7H3/t20-,24+,25-/m1/s1. The Labute approximate surface area is 220 Å². The van der Waals surface area contributed by atoms with Gasteiger partial charge in [-0.3, -0.25) is 0 Å². The van der Waals surface area contributed by atoms with Crippen molar-refractivity contribution in [1.29, 1.82) is 0 Å². The van der Waals surface area contributed by atoms with Crippen LogP contribution in [0.5, 0.6) is 0 Å². The molecular weight excluding hydrogens is 554 g/mol. The number of hydrogen-bond donors (Lipinski definition) is 0. The first kappa shape index (κ1) is 28.2. The van der Waals surface area contributed by atoms with Gasteiger partial charge in [-0.1, -0.05) is 53.3 Å². The van der Waals surface area contributed by atoms with Gasteiger partial charge in [-0.15, -0.1) is 6.42 Å². The Morgan fingerprint density at radius 1 is 1.40 bits per heavy atom. The molecule has 0 radical (unpaired) electrons. The van der Waals surface area contributed by atoms with Crippen molar-refractivity contribution in [3.8, 4) is 12.3 Å². The minimum Gasteiger partial charge on any atom is -0.443 e. The number of carbonyl (C=O) groups is 1. The molecule has 0 unspecified atom stereocenters. The smallest absolute Gasteiger partial charge is 0.418 e. The van der Waals surface area contributed by atoms with Gasteiger partial charge in [0.15, 0.2) is 5.17 Å². The highest BCUT2D eigenvalue weighted by Gasteiger charge is 2.69. The summed E-state index contributed by atoms with van der Waals surface area (Å²) in [6.45, 7) is 11.3. The number of alkyl halides is 1. The maximum atomic E-state index is 15.0. The largest absolute Gasteiger partial charge is 0.443 e. The van der Waals surface area contributed by atoms with Gasteiger partial charge in [0.05, 0.1) is 4.75 Å². The molecule has 0 bridgehead atoms. The Morgan fingerprint density at radius 3 is 2.66 bits per heavy atom. The van der Waals surface area contributed by atoms with E-state index >= 15 is 4.39 Å². The van der Waals surface area contributed by atoms with Crippen LogP contribution in [0.25, 0.3) is 0 Å². The molecule has 5 nitrogen and oxygen atoms in total. The molecule has 10 heteroatoms. The summed E-state index contributed by atoms with van der Waals surface area (Å²) in [5.74, 6) is 1.79. The van der Waals surface area contributed by atoms with Crippen molar-refractivity contribution in [2.24, 2.45) is 10.9 Å². The van der Waals surface area contributed by atoms with Crippen LogP contribution in [-0.4, -0.2) is 54.6 Å². The summed E-state index contributed by atoms with van der Waals surface area (Å²) in [6.07, 6.45) is 5.68. The topological polar surface area (TPSA) is 51.1 Å². The van der Waals surface area contributed by atoms with Crippen LogP contribution in [-0.2, 0) is 15.0 Å². The molecule has 3 atom stereocenters. The molecular formula is C25H33BrF2N2O3SSi. The average Bonchev–Trinajstić information content (AvgIpc) is 3.48. The molecule has 35 heavy (non-hydrogen) atoms. The van der Waals surface area contributed by atoms with Gasteiger partial charge >= 0.3 is 6.09 Å². The van der Waals surface area contributed by atoms with Crippen LogP contribution in [0.1, 0.15) is 32.8 Å². The van der Waals surface area contributed by atoms with E-state index in [9.17, 15) is 9.18 Å². The van der Waals surface area contributed by atoms with Gasteiger partial charge in [0.2, 0.25) is 0 Å². The molecule has 3 rings (SSSR count). The lowest BCUT2D eigenvalue weighted by molar-refractivity contribution is 0.0109. The lowest BCUT2D eigenvalue weighted by Gasteiger charge is -2.37. The minimum atomic E-state index is -1.56. The number of amides is 1. The predicted molar refractivity (Wildman–Crippen MR) is 143 cm³/mol. The molecule has 1 aromatic rings. The summed E-state index contributed by atoms with van der Waals surface area (Å²) in [7, 11) is -1.36. The van der Waals surface area contributed by atoms with Crippen LogP contribution < -0.4 is 0 Å². The van der Waals surface area contributed by atoms with E-state index in [-0.39, 0.29) is 17.5 Å². The fraction of sp³-hybridized carbons (Fsp3) is 0.600. The van der Waals surface area contributed by atoms with E-state index in [4.69, 9.17) is 20.9 Å². The van der Waals surface area contributed by atoms with Crippen LogP contribution in [0.2, 0.25) is 25.7 Å². The predicted octanol–water partition coefficient (Wildman–Crippen LogP) is 6.80. The highest BCUT2D eigenvalue weighted by molar-refractivity contribution is 9.10. The van der Waals surface area contributed by atoms with Crippen LogP contribution in [0.4, 0.5) is 13.6 Å². The number of halogens is 3. The quantitative estimate of drug-likeness (QED) is 0.153. The number of nitrogens with zero attached hydrogens (tertiary/aromatic N) is 2. The van der Waals surface area contributed by atoms with E-state index in [1.807, 2.05) is 0 Å². The molecule has 1 amide bonds. The molecule has 1 heterocycles. The Bertz CT molecular complexity index is 1050. The zero-order valence-corrected chi connectivity index (χ0v) is 24.5. The van der Waals surface area contributed by atoms with Crippen LogP contribution >= 0.6 is 27.7 Å². The SMILES string of the molecule is C#C[C@]12C[C@H]1[C@@](CF)(c1cc(Br)ccc1F)N=C(N(COCC[Si](C)(C)C)C(=O)OC(C)(C)C)S2. The van der Waals surface area contributed by atoms with E-state index < -0.39 is 48.5 Å². The van der Waals surface area contributed by atoms with Gasteiger partial charge in [0.25, 0.3) is 0 Å². The van der Waals surface area contributed by atoms with E-state index in [0.29, 0.717) is 17.5 Å². The molecule has 192 valence electrons. The fourth-order valence-corrected chi connectivity index (χ4v) is 6.50. The number of rotatable bonds is 7. The second-order valence-corrected chi connectivity index (χ2v) is 19.1. The molecule has 1 saturated carbocycles. The highest BCUT2D eigenvalue weighted by atomic mass is 79.9. The number of thioether (sulfide) groups is 1. The minimum absolute atomic E-state index is 0.109. The first-order valence-corrected chi connectivity index (χ1v) is 16.8. The molecule has 0 N–H and O–H groups in total. The third-order valence-corrected chi connectivity index (χ3v) is 9.58. The molecule has 1 aliphatic heterocycles. The molecule has 1 aromatic carbocycles. The van der Waals surface area contributed by atoms with Crippen LogP contribution in [0.3, 0.4) is 0 Å². The van der Waals surface area contributed by atoms with Crippen LogP contribution in [0.15, 0.2) is 27.7 Å². The Balaban J connectivity index is 2.04. The molecule has 1 fully saturated rings. The summed E-state index contributed by atoms with van der Waals surface area (Å²) in [5.41, 5.74) is -2.22. The van der Waals surface area contributed by atoms with Crippen molar-refractivity contribution < 1.29 is 23.0 Å². The Morgan fingerprint density at radius 2 is 2.09 bits per heavy atom. The van der Waals surface area contributed by atoms with Crippen molar-refractivity contribution in [3.63, 3.8) is 0 Å². The van der Waals surface area contributed by atoms with Gasteiger partial charge in [0.1, 0.15) is 30.4 Å². The molecule has 0 spiro atoms. The lowest BCUT2D eigenvalue weighted by atomic mass is 9.85. The number of aliphatic imine (C=N–C) groups is 1. The van der Waals surface area contributed by atoms with Gasteiger partial charge in [-0.2, -0.15) is 0 Å². The summed E-state index contributed by atoms with van der Waals surface area (Å²) < 4.78 is 41.2. The molecule has 1 aliphatic carbocycles. The van der Waals surface area contributed by atoms with E-state index in [1.54, 1.807) is 26.8 Å². The molecule has 0 aromatic heterocycles. The van der Waals surface area contributed by atoms with Crippen molar-refractivity contribution >= 4 is 47.0 Å². The first-order valence-electron chi connectivity index (χ1n) is 11.5. The highest BCUT2D eigenvalue weighted by Crippen LogP contribution is 2.66. The Kier molecular flexibility index (Phi) is 8.17. The zero-order valence-electron chi connectivity index (χ0n) is 21.1. The number of ether oxygens (including phenoxy) is 2. The number of hydrogen-bond acceptors (Lipinski definition) is 5. The number of carbonyl (C=O) groups excluding carboxylic acids is 1. The first-order chi connectivity index (χ1) is 16.2. The van der Waals surface area contributed by atoms with Gasteiger partial charge in [-0.05, 0) is 51.4 Å². The van der Waals surface area contributed by atoms with Crippen molar-refractivity contribution in [2.75, 3.05) is 20.0 Å². The number of terminal acetylenes is 1. The summed E-state index contributed by atoms with van der Waals surface area (Å²) in [4.78, 5) is 19.2. The van der Waals surface area contributed by atoms with Crippen molar-refractivity contribution in [3.05, 3.63) is 34.1 Å². The Hall–Kier alpha value is -1.41. The number of benzene rings is 1. The normalized spacial score (nSPS) is 25.8. The number of amidine groups is 1. The lowest BCUT2D eigenvalue weighted by Crippen LogP contribution is -2.47. The van der Waals surface area contributed by atoms with Gasteiger partial charge in [0, 0.05) is 30.6 Å². The third kappa shape index (κ3) is 6.30. The summed E-state index contributed by atoms with van der Waals surface area (Å²) >= 11 is 4.58. The van der Waals surface area contributed by atoms with Crippen molar-refractivity contribution in [1.82, 2.24) is 4.90 Å². The second-order valence-electron chi connectivity index (χ2n) is 11.2. The number of fused-ring (bicyclic) bond motifs is 1.